The maximum atomic E-state index is 12.2. The van der Waals surface area contributed by atoms with Crippen LogP contribution in [-0.4, -0.2) is 39.4 Å². The van der Waals surface area contributed by atoms with Gasteiger partial charge in [0.05, 0.1) is 17.1 Å². The first-order valence-corrected chi connectivity index (χ1v) is 10.3. The van der Waals surface area contributed by atoms with Gasteiger partial charge in [0.2, 0.25) is 10.0 Å². The van der Waals surface area contributed by atoms with Gasteiger partial charge in [-0.3, -0.25) is 4.79 Å². The van der Waals surface area contributed by atoms with Crippen molar-refractivity contribution in [3.8, 4) is 5.75 Å². The summed E-state index contributed by atoms with van der Waals surface area (Å²) in [6.45, 7) is 5.32. The number of Topliss-reactive ketones (excluding diaryl/α,β-unsaturated/α-hetero) is 1. The molecule has 28 heavy (non-hydrogen) atoms. The zero-order chi connectivity index (χ0) is 20.7. The van der Waals surface area contributed by atoms with Crippen LogP contribution >= 0.6 is 0 Å². The van der Waals surface area contributed by atoms with Crippen molar-refractivity contribution >= 4 is 21.8 Å². The van der Waals surface area contributed by atoms with Crippen LogP contribution in [0.4, 0.5) is 0 Å². The van der Waals surface area contributed by atoms with E-state index in [1.54, 1.807) is 38.1 Å². The first-order chi connectivity index (χ1) is 13.2. The number of benzene rings is 2. The van der Waals surface area contributed by atoms with Crippen molar-refractivity contribution in [1.29, 1.82) is 0 Å². The number of sulfonamides is 1. The molecule has 2 aromatic rings. The summed E-state index contributed by atoms with van der Waals surface area (Å²) in [6.07, 6.45) is 0. The number of hydrogen-bond donors (Lipinski definition) is 1. The molecule has 0 atom stereocenters. The number of nitrogens with one attached hydrogen (secondary N) is 1. The predicted molar refractivity (Wildman–Crippen MR) is 104 cm³/mol. The molecule has 0 heterocycles. The number of esters is 1. The molecule has 0 fully saturated rings. The summed E-state index contributed by atoms with van der Waals surface area (Å²) < 4.78 is 37.2. The van der Waals surface area contributed by atoms with Gasteiger partial charge in [-0.2, -0.15) is 0 Å². The van der Waals surface area contributed by atoms with E-state index in [4.69, 9.17) is 9.47 Å². The van der Waals surface area contributed by atoms with E-state index in [1.807, 2.05) is 6.92 Å². The lowest BCUT2D eigenvalue weighted by Crippen LogP contribution is -2.30. The van der Waals surface area contributed by atoms with E-state index in [0.29, 0.717) is 17.9 Å². The molecule has 0 aromatic heterocycles. The highest BCUT2D eigenvalue weighted by molar-refractivity contribution is 7.89. The van der Waals surface area contributed by atoms with Crippen LogP contribution in [0.3, 0.4) is 0 Å². The van der Waals surface area contributed by atoms with Gasteiger partial charge in [-0.15, -0.1) is 0 Å². The normalized spacial score (nSPS) is 11.3. The molecule has 0 spiro atoms. The molecule has 0 aliphatic carbocycles. The van der Waals surface area contributed by atoms with Crippen LogP contribution in [0.1, 0.15) is 41.5 Å². The monoisotopic (exact) mass is 405 g/mol. The first kappa shape index (κ1) is 21.6. The van der Waals surface area contributed by atoms with Gasteiger partial charge in [0, 0.05) is 11.6 Å². The SMILES string of the molecule is CCOc1ccc(C(=O)COC(=O)c2cccc(S(=O)(=O)NC(C)C)c2)cc1. The second-order valence-electron chi connectivity index (χ2n) is 6.26. The van der Waals surface area contributed by atoms with Gasteiger partial charge in [0.1, 0.15) is 5.75 Å². The summed E-state index contributed by atoms with van der Waals surface area (Å²) in [5.74, 6) is -0.508. The molecular weight excluding hydrogens is 382 g/mol. The van der Waals surface area contributed by atoms with Gasteiger partial charge < -0.3 is 9.47 Å². The third-order valence-electron chi connectivity index (χ3n) is 3.59. The second kappa shape index (κ2) is 9.48. The first-order valence-electron chi connectivity index (χ1n) is 8.78. The highest BCUT2D eigenvalue weighted by Crippen LogP contribution is 2.15. The number of carbonyl (C=O) groups is 2. The van der Waals surface area contributed by atoms with Crippen molar-refractivity contribution in [2.45, 2.75) is 31.7 Å². The highest BCUT2D eigenvalue weighted by atomic mass is 32.2. The average molecular weight is 405 g/mol. The Morgan fingerprint density at radius 1 is 1.04 bits per heavy atom. The van der Waals surface area contributed by atoms with Gasteiger partial charge in [-0.1, -0.05) is 6.07 Å². The second-order valence-corrected chi connectivity index (χ2v) is 7.97. The molecule has 0 saturated heterocycles. The van der Waals surface area contributed by atoms with Crippen molar-refractivity contribution in [3.63, 3.8) is 0 Å². The number of carbonyl (C=O) groups excluding carboxylic acids is 2. The van der Waals surface area contributed by atoms with E-state index in [1.165, 1.54) is 24.3 Å². The summed E-state index contributed by atoms with van der Waals surface area (Å²) in [5.41, 5.74) is 0.430. The lowest BCUT2D eigenvalue weighted by molar-refractivity contribution is 0.0474. The maximum Gasteiger partial charge on any atom is 0.338 e. The lowest BCUT2D eigenvalue weighted by Gasteiger charge is -2.10. The number of hydrogen-bond acceptors (Lipinski definition) is 6. The van der Waals surface area contributed by atoms with Crippen LogP contribution in [0, 0.1) is 0 Å². The van der Waals surface area contributed by atoms with Gasteiger partial charge in [0.25, 0.3) is 0 Å². The lowest BCUT2D eigenvalue weighted by atomic mass is 10.1. The molecule has 8 heteroatoms. The largest absolute Gasteiger partial charge is 0.494 e. The smallest absolute Gasteiger partial charge is 0.338 e. The molecular formula is C20H23NO6S. The Morgan fingerprint density at radius 3 is 2.32 bits per heavy atom. The summed E-state index contributed by atoms with van der Waals surface area (Å²) in [5, 5.41) is 0. The van der Waals surface area contributed by atoms with Crippen LogP contribution in [0.25, 0.3) is 0 Å². The van der Waals surface area contributed by atoms with E-state index in [0.717, 1.165) is 0 Å². The quantitative estimate of drug-likeness (QED) is 0.509. The van der Waals surface area contributed by atoms with Crippen molar-refractivity contribution in [1.82, 2.24) is 4.72 Å². The fourth-order valence-corrected chi connectivity index (χ4v) is 3.67. The molecule has 7 nitrogen and oxygen atoms in total. The Balaban J connectivity index is 2.03. The third-order valence-corrected chi connectivity index (χ3v) is 5.25. The molecule has 150 valence electrons. The molecule has 0 aliphatic rings. The number of ether oxygens (including phenoxy) is 2. The third kappa shape index (κ3) is 5.90. The summed E-state index contributed by atoms with van der Waals surface area (Å²) in [6, 6.07) is 11.7. The fourth-order valence-electron chi connectivity index (χ4n) is 2.37. The van der Waals surface area contributed by atoms with E-state index < -0.39 is 22.6 Å². The Hall–Kier alpha value is -2.71. The van der Waals surface area contributed by atoms with E-state index in [9.17, 15) is 18.0 Å². The maximum absolute atomic E-state index is 12.2. The average Bonchev–Trinajstić information content (AvgIpc) is 2.66. The minimum Gasteiger partial charge on any atom is -0.494 e. The van der Waals surface area contributed by atoms with Gasteiger partial charge >= 0.3 is 5.97 Å². The van der Waals surface area contributed by atoms with Crippen LogP contribution in [-0.2, 0) is 14.8 Å². The van der Waals surface area contributed by atoms with Crippen LogP contribution in [0.2, 0.25) is 0 Å². The standard InChI is InChI=1S/C20H23NO6S/c1-4-26-17-10-8-15(9-11-17)19(22)13-27-20(23)16-6-5-7-18(12-16)28(24,25)21-14(2)3/h5-12,14,21H,4,13H2,1-3H3. The van der Waals surface area contributed by atoms with Crippen LogP contribution in [0.5, 0.6) is 5.75 Å². The minimum atomic E-state index is -3.74. The van der Waals surface area contributed by atoms with Crippen molar-refractivity contribution in [3.05, 3.63) is 59.7 Å². The molecule has 0 saturated carbocycles. The highest BCUT2D eigenvalue weighted by Gasteiger charge is 2.18. The van der Waals surface area contributed by atoms with E-state index in [-0.39, 0.29) is 22.3 Å². The van der Waals surface area contributed by atoms with E-state index in [2.05, 4.69) is 4.72 Å². The van der Waals surface area contributed by atoms with E-state index >= 15 is 0 Å². The van der Waals surface area contributed by atoms with Crippen molar-refractivity contribution < 1.29 is 27.5 Å². The summed E-state index contributed by atoms with van der Waals surface area (Å²) >= 11 is 0. The molecule has 0 radical (unpaired) electrons. The Bertz CT molecular complexity index is 935. The molecule has 0 bridgehead atoms. The summed E-state index contributed by atoms with van der Waals surface area (Å²) in [4.78, 5) is 24.3. The molecule has 0 amide bonds. The van der Waals surface area contributed by atoms with Gasteiger partial charge in [0.15, 0.2) is 12.4 Å². The van der Waals surface area contributed by atoms with Crippen molar-refractivity contribution in [2.75, 3.05) is 13.2 Å². The topological polar surface area (TPSA) is 98.8 Å². The Labute approximate surface area is 164 Å². The Morgan fingerprint density at radius 2 is 1.71 bits per heavy atom. The van der Waals surface area contributed by atoms with Crippen LogP contribution in [0.15, 0.2) is 53.4 Å². The van der Waals surface area contributed by atoms with Gasteiger partial charge in [-0.05, 0) is 63.2 Å². The number of rotatable bonds is 9. The molecule has 1 N–H and O–H groups in total. The molecule has 2 rings (SSSR count). The Kier molecular flexibility index (Phi) is 7.31. The molecule has 0 aliphatic heterocycles. The molecule has 2 aromatic carbocycles. The zero-order valence-corrected chi connectivity index (χ0v) is 16.8. The van der Waals surface area contributed by atoms with Crippen molar-refractivity contribution in [2.24, 2.45) is 0 Å². The zero-order valence-electron chi connectivity index (χ0n) is 16.0. The van der Waals surface area contributed by atoms with Crippen LogP contribution < -0.4 is 9.46 Å². The fraction of sp³-hybridized carbons (Fsp3) is 0.300. The summed E-state index contributed by atoms with van der Waals surface area (Å²) in [7, 11) is -3.74. The minimum absolute atomic E-state index is 0.0473. The van der Waals surface area contributed by atoms with Gasteiger partial charge in [-0.25, -0.2) is 17.9 Å². The molecule has 0 unspecified atom stereocenters. The number of ketones is 1. The predicted octanol–water partition coefficient (Wildman–Crippen LogP) is 2.81.